The van der Waals surface area contributed by atoms with Gasteiger partial charge in [-0.1, -0.05) is 126 Å². The van der Waals surface area contributed by atoms with Crippen molar-refractivity contribution in [3.63, 3.8) is 0 Å². The van der Waals surface area contributed by atoms with E-state index in [0.29, 0.717) is 28.6 Å². The Hall–Kier alpha value is -6.79. The summed E-state index contributed by atoms with van der Waals surface area (Å²) in [7, 11) is 0. The minimum atomic E-state index is -0.649. The molecule has 2 heterocycles. The van der Waals surface area contributed by atoms with Gasteiger partial charge in [-0.05, 0) is 66.9 Å². The maximum absolute atomic E-state index is 15.4. The van der Waals surface area contributed by atoms with Crippen LogP contribution in [0.5, 0.6) is 0 Å². The first-order valence-corrected chi connectivity index (χ1v) is 17.5. The second kappa shape index (κ2) is 13.1. The van der Waals surface area contributed by atoms with Gasteiger partial charge in [0.25, 0.3) is 0 Å². The predicted octanol–water partition coefficient (Wildman–Crippen LogP) is 12.2. The van der Waals surface area contributed by atoms with E-state index in [1.165, 1.54) is 23.3 Å². The lowest BCUT2D eigenvalue weighted by atomic mass is 9.99. The Morgan fingerprint density at radius 1 is 0.415 bits per heavy atom. The minimum absolute atomic E-state index is 0.277. The molecule has 0 radical (unpaired) electrons. The lowest BCUT2D eigenvalue weighted by Gasteiger charge is -2.17. The second-order valence-electron chi connectivity index (χ2n) is 13.4. The Kier molecular flexibility index (Phi) is 7.93. The predicted molar refractivity (Wildman–Crippen MR) is 211 cm³/mol. The van der Waals surface area contributed by atoms with Gasteiger partial charge in [-0.25, -0.2) is 23.7 Å². The van der Waals surface area contributed by atoms with Crippen molar-refractivity contribution in [2.45, 2.75) is 13.8 Å². The summed E-state index contributed by atoms with van der Waals surface area (Å²) in [6.07, 6.45) is 0. The van der Waals surface area contributed by atoms with Crippen LogP contribution in [0.25, 0.3) is 83.9 Å². The van der Waals surface area contributed by atoms with E-state index >= 15 is 4.39 Å². The summed E-state index contributed by atoms with van der Waals surface area (Å²) in [5, 5.41) is 2.19. The molecule has 9 aromatic rings. The van der Waals surface area contributed by atoms with E-state index in [9.17, 15) is 4.39 Å². The maximum Gasteiger partial charge on any atom is 0.166 e. The second-order valence-corrected chi connectivity index (χ2v) is 13.4. The molecule has 0 spiro atoms. The van der Waals surface area contributed by atoms with Gasteiger partial charge in [-0.15, -0.1) is 0 Å². The summed E-state index contributed by atoms with van der Waals surface area (Å²) in [5.74, 6) is 0.166. The molecular weight excluding hydrogens is 659 g/mol. The highest BCUT2D eigenvalue weighted by Gasteiger charge is 2.21. The quantitative estimate of drug-likeness (QED) is 0.174. The number of hydrogen-bond acceptors (Lipinski definition) is 3. The number of halogens is 2. The standard InChI is InChI=1S/C47H32F2N4/c1-29-23-30(2)25-35(24-29)33-17-20-39-38-15-9-10-16-42(38)53(44(39)27-33)43-22-18-34(37-21-19-36(48)28-41(37)49)26-40(43)47-51-45(31-11-5-3-6-12-31)50-46(52-47)32-13-7-4-8-14-32/h3-28H,1-2H3. The molecule has 0 fully saturated rings. The molecule has 0 amide bonds. The Labute approximate surface area is 305 Å². The van der Waals surface area contributed by atoms with E-state index in [4.69, 9.17) is 15.0 Å². The summed E-state index contributed by atoms with van der Waals surface area (Å²) in [5.41, 5.74) is 10.6. The highest BCUT2D eigenvalue weighted by Crippen LogP contribution is 2.40. The average molecular weight is 691 g/mol. The van der Waals surface area contributed by atoms with Crippen molar-refractivity contribution < 1.29 is 8.78 Å². The van der Waals surface area contributed by atoms with E-state index in [2.05, 4.69) is 73.0 Å². The topological polar surface area (TPSA) is 43.6 Å². The summed E-state index contributed by atoms with van der Waals surface area (Å²) < 4.78 is 31.7. The highest BCUT2D eigenvalue weighted by molar-refractivity contribution is 6.10. The Balaban J connectivity index is 1.36. The largest absolute Gasteiger partial charge is 0.308 e. The molecule has 0 aliphatic carbocycles. The van der Waals surface area contributed by atoms with Crippen molar-refractivity contribution in [2.24, 2.45) is 0 Å². The van der Waals surface area contributed by atoms with Crippen LogP contribution < -0.4 is 0 Å². The fourth-order valence-electron chi connectivity index (χ4n) is 7.28. The van der Waals surface area contributed by atoms with Gasteiger partial charge in [0, 0.05) is 39.1 Å². The maximum atomic E-state index is 15.4. The van der Waals surface area contributed by atoms with Crippen LogP contribution in [0.2, 0.25) is 0 Å². The van der Waals surface area contributed by atoms with Crippen molar-refractivity contribution in [2.75, 3.05) is 0 Å². The van der Waals surface area contributed by atoms with Crippen LogP contribution in [0.4, 0.5) is 8.78 Å². The van der Waals surface area contributed by atoms with Gasteiger partial charge < -0.3 is 4.57 Å². The van der Waals surface area contributed by atoms with Crippen LogP contribution in [-0.2, 0) is 0 Å². The van der Waals surface area contributed by atoms with Gasteiger partial charge in [0.2, 0.25) is 0 Å². The molecule has 2 aromatic heterocycles. The van der Waals surface area contributed by atoms with E-state index in [1.54, 1.807) is 0 Å². The fraction of sp³-hybridized carbons (Fsp3) is 0.0426. The van der Waals surface area contributed by atoms with Crippen LogP contribution in [0.15, 0.2) is 158 Å². The Morgan fingerprint density at radius 3 is 1.70 bits per heavy atom. The number of nitrogens with zero attached hydrogens (tertiary/aromatic N) is 4. The molecule has 0 bridgehead atoms. The molecule has 0 aliphatic heterocycles. The first-order chi connectivity index (χ1) is 25.9. The van der Waals surface area contributed by atoms with Gasteiger partial charge in [0.1, 0.15) is 11.6 Å². The molecular formula is C47H32F2N4. The fourth-order valence-corrected chi connectivity index (χ4v) is 7.28. The van der Waals surface area contributed by atoms with Crippen molar-refractivity contribution in [3.05, 3.63) is 180 Å². The third-order valence-electron chi connectivity index (χ3n) is 9.65. The van der Waals surface area contributed by atoms with Crippen LogP contribution >= 0.6 is 0 Å². The lowest BCUT2D eigenvalue weighted by Crippen LogP contribution is -2.04. The SMILES string of the molecule is Cc1cc(C)cc(-c2ccc3c4ccccc4n(-c4ccc(-c5ccc(F)cc5F)cc4-c4nc(-c5ccccc5)nc(-c5ccccc5)n4)c3c2)c1. The number of fused-ring (bicyclic) bond motifs is 3. The molecule has 0 saturated carbocycles. The minimum Gasteiger partial charge on any atom is -0.308 e. The number of aromatic nitrogens is 4. The third kappa shape index (κ3) is 5.94. The van der Waals surface area contributed by atoms with Crippen LogP contribution in [0.3, 0.4) is 0 Å². The lowest BCUT2D eigenvalue weighted by molar-refractivity contribution is 0.585. The zero-order valence-corrected chi connectivity index (χ0v) is 29.1. The van der Waals surface area contributed by atoms with Crippen molar-refractivity contribution in [1.82, 2.24) is 19.5 Å². The molecule has 4 nitrogen and oxygen atoms in total. The number of benzene rings is 7. The number of aryl methyl sites for hydroxylation is 2. The molecule has 7 aromatic carbocycles. The monoisotopic (exact) mass is 690 g/mol. The first-order valence-electron chi connectivity index (χ1n) is 17.5. The molecule has 0 saturated heterocycles. The van der Waals surface area contributed by atoms with Gasteiger partial charge in [0.15, 0.2) is 17.5 Å². The normalized spacial score (nSPS) is 11.4. The Morgan fingerprint density at radius 2 is 1.02 bits per heavy atom. The molecule has 6 heteroatoms. The van der Waals surface area contributed by atoms with Crippen LogP contribution in [-0.4, -0.2) is 19.5 Å². The third-order valence-corrected chi connectivity index (χ3v) is 9.65. The van der Waals surface area contributed by atoms with E-state index in [0.717, 1.165) is 55.8 Å². The molecule has 254 valence electrons. The van der Waals surface area contributed by atoms with Gasteiger partial charge in [-0.3, -0.25) is 0 Å². The Bertz CT molecular complexity index is 2750. The van der Waals surface area contributed by atoms with Crippen molar-refractivity contribution >= 4 is 21.8 Å². The number of rotatable bonds is 6. The number of para-hydroxylation sites is 1. The highest BCUT2D eigenvalue weighted by atomic mass is 19.1. The molecule has 0 unspecified atom stereocenters. The summed E-state index contributed by atoms with van der Waals surface area (Å²) in [6.45, 7) is 4.23. The van der Waals surface area contributed by atoms with Crippen molar-refractivity contribution in [1.29, 1.82) is 0 Å². The molecule has 0 aliphatic rings. The smallest absolute Gasteiger partial charge is 0.166 e. The van der Waals surface area contributed by atoms with E-state index < -0.39 is 11.6 Å². The molecule has 0 N–H and O–H groups in total. The van der Waals surface area contributed by atoms with Gasteiger partial charge in [0.05, 0.1) is 16.7 Å². The van der Waals surface area contributed by atoms with Crippen molar-refractivity contribution in [3.8, 4) is 62.1 Å². The zero-order valence-electron chi connectivity index (χ0n) is 29.1. The summed E-state index contributed by atoms with van der Waals surface area (Å²) in [4.78, 5) is 15.1. The molecule has 53 heavy (non-hydrogen) atoms. The van der Waals surface area contributed by atoms with Gasteiger partial charge >= 0.3 is 0 Å². The summed E-state index contributed by atoms with van der Waals surface area (Å²) in [6, 6.07) is 50.6. The van der Waals surface area contributed by atoms with Crippen LogP contribution in [0, 0.1) is 25.5 Å². The first kappa shape index (κ1) is 32.1. The van der Waals surface area contributed by atoms with Gasteiger partial charge in [-0.2, -0.15) is 0 Å². The van der Waals surface area contributed by atoms with Crippen LogP contribution in [0.1, 0.15) is 11.1 Å². The number of hydrogen-bond donors (Lipinski definition) is 0. The average Bonchev–Trinajstić information content (AvgIpc) is 3.51. The molecule has 0 atom stereocenters. The molecule has 9 rings (SSSR count). The summed E-state index contributed by atoms with van der Waals surface area (Å²) >= 11 is 0. The van der Waals surface area contributed by atoms with E-state index in [1.807, 2.05) is 84.9 Å². The van der Waals surface area contributed by atoms with E-state index in [-0.39, 0.29) is 5.56 Å². The zero-order chi connectivity index (χ0) is 36.1.